The van der Waals surface area contributed by atoms with Gasteiger partial charge in [0.2, 0.25) is 0 Å². The zero-order chi connectivity index (χ0) is 13.6. The molecule has 0 amide bonds. The van der Waals surface area contributed by atoms with Gasteiger partial charge in [-0.15, -0.1) is 0 Å². The Kier molecular flexibility index (Phi) is 6.57. The van der Waals surface area contributed by atoms with Gasteiger partial charge in [0.1, 0.15) is 0 Å². The Labute approximate surface area is 111 Å². The topological polar surface area (TPSA) is 39.7 Å². The molecule has 4 heteroatoms. The van der Waals surface area contributed by atoms with E-state index in [1.807, 2.05) is 0 Å². The third kappa shape index (κ3) is 4.50. The third-order valence-electron chi connectivity index (χ3n) is 3.77. The molecule has 1 aliphatic rings. The summed E-state index contributed by atoms with van der Waals surface area (Å²) in [5.74, 6) is 0. The van der Waals surface area contributed by atoms with E-state index in [0.29, 0.717) is 6.04 Å². The summed E-state index contributed by atoms with van der Waals surface area (Å²) in [5, 5.41) is 3.49. The van der Waals surface area contributed by atoms with Crippen molar-refractivity contribution < 1.29 is 14.2 Å². The molecule has 0 heterocycles. The molecular formula is C14H29NO3. The van der Waals surface area contributed by atoms with Gasteiger partial charge in [-0.3, -0.25) is 0 Å². The van der Waals surface area contributed by atoms with E-state index in [9.17, 15) is 0 Å². The van der Waals surface area contributed by atoms with Crippen molar-refractivity contribution in [3.8, 4) is 0 Å². The second-order valence-electron chi connectivity index (χ2n) is 5.62. The highest BCUT2D eigenvalue weighted by Crippen LogP contribution is 2.27. The van der Waals surface area contributed by atoms with Crippen LogP contribution >= 0.6 is 0 Å². The predicted molar refractivity (Wildman–Crippen MR) is 72.9 cm³/mol. The van der Waals surface area contributed by atoms with Crippen molar-refractivity contribution in [2.45, 2.75) is 63.9 Å². The summed E-state index contributed by atoms with van der Waals surface area (Å²) < 4.78 is 16.8. The molecule has 3 atom stereocenters. The highest BCUT2D eigenvalue weighted by atomic mass is 16.5. The standard InChI is InChI=1S/C14H29NO3/c1-6-8-15-11-10-12(13(11)16-4)18-9-7-14(2,3)17-5/h11-13,15H,6-10H2,1-5H3. The molecule has 18 heavy (non-hydrogen) atoms. The number of methoxy groups -OCH3 is 2. The first kappa shape index (κ1) is 15.9. The molecule has 3 unspecified atom stereocenters. The SMILES string of the molecule is CCCNC1CC(OCCC(C)(C)OC)C1OC. The molecule has 0 bridgehead atoms. The molecule has 0 aliphatic heterocycles. The average Bonchev–Trinajstić information content (AvgIpc) is 2.32. The minimum Gasteiger partial charge on any atom is -0.379 e. The molecule has 0 radical (unpaired) electrons. The van der Waals surface area contributed by atoms with Gasteiger partial charge >= 0.3 is 0 Å². The molecule has 0 aromatic heterocycles. The van der Waals surface area contributed by atoms with Crippen LogP contribution in [0.1, 0.15) is 40.0 Å². The van der Waals surface area contributed by atoms with Gasteiger partial charge < -0.3 is 19.5 Å². The van der Waals surface area contributed by atoms with E-state index < -0.39 is 0 Å². The maximum absolute atomic E-state index is 5.88. The number of ether oxygens (including phenoxy) is 3. The van der Waals surface area contributed by atoms with Crippen LogP contribution in [0, 0.1) is 0 Å². The van der Waals surface area contributed by atoms with E-state index in [1.54, 1.807) is 14.2 Å². The molecule has 0 spiro atoms. The first-order valence-electron chi connectivity index (χ1n) is 6.97. The van der Waals surface area contributed by atoms with Crippen molar-refractivity contribution in [1.82, 2.24) is 5.32 Å². The lowest BCUT2D eigenvalue weighted by Crippen LogP contribution is -2.60. The fourth-order valence-corrected chi connectivity index (χ4v) is 2.15. The summed E-state index contributed by atoms with van der Waals surface area (Å²) in [6, 6.07) is 0.454. The quantitative estimate of drug-likeness (QED) is 0.687. The molecule has 1 N–H and O–H groups in total. The zero-order valence-corrected chi connectivity index (χ0v) is 12.5. The van der Waals surface area contributed by atoms with Crippen LogP contribution in [0.3, 0.4) is 0 Å². The van der Waals surface area contributed by atoms with E-state index >= 15 is 0 Å². The minimum atomic E-state index is -0.105. The fraction of sp³-hybridized carbons (Fsp3) is 1.00. The summed E-state index contributed by atoms with van der Waals surface area (Å²) in [6.07, 6.45) is 3.54. The Morgan fingerprint density at radius 2 is 2.00 bits per heavy atom. The van der Waals surface area contributed by atoms with E-state index in [0.717, 1.165) is 32.4 Å². The summed E-state index contributed by atoms with van der Waals surface area (Å²) in [4.78, 5) is 0. The van der Waals surface area contributed by atoms with Crippen molar-refractivity contribution >= 4 is 0 Å². The molecular weight excluding hydrogens is 230 g/mol. The lowest BCUT2D eigenvalue weighted by Gasteiger charge is -2.44. The molecule has 4 nitrogen and oxygen atoms in total. The Morgan fingerprint density at radius 3 is 2.56 bits per heavy atom. The van der Waals surface area contributed by atoms with Gasteiger partial charge in [-0.25, -0.2) is 0 Å². The fourth-order valence-electron chi connectivity index (χ4n) is 2.15. The highest BCUT2D eigenvalue weighted by Gasteiger charge is 2.41. The van der Waals surface area contributed by atoms with Crippen LogP contribution in [0.2, 0.25) is 0 Å². The summed E-state index contributed by atoms with van der Waals surface area (Å²) in [5.41, 5.74) is -0.105. The highest BCUT2D eigenvalue weighted by molar-refractivity contribution is 4.97. The first-order chi connectivity index (χ1) is 8.54. The van der Waals surface area contributed by atoms with Crippen molar-refractivity contribution in [2.75, 3.05) is 27.4 Å². The lowest BCUT2D eigenvalue weighted by molar-refractivity contribution is -0.141. The first-order valence-corrected chi connectivity index (χ1v) is 6.97. The molecule has 1 saturated carbocycles. The van der Waals surface area contributed by atoms with E-state index in [4.69, 9.17) is 14.2 Å². The minimum absolute atomic E-state index is 0.105. The molecule has 0 aromatic rings. The smallest absolute Gasteiger partial charge is 0.0986 e. The van der Waals surface area contributed by atoms with Gasteiger partial charge in [0.05, 0.1) is 17.8 Å². The largest absolute Gasteiger partial charge is 0.379 e. The molecule has 1 rings (SSSR count). The van der Waals surface area contributed by atoms with Crippen molar-refractivity contribution in [1.29, 1.82) is 0 Å². The molecule has 1 aliphatic carbocycles. The molecule has 0 aromatic carbocycles. The van der Waals surface area contributed by atoms with Crippen molar-refractivity contribution in [3.05, 3.63) is 0 Å². The van der Waals surface area contributed by atoms with Crippen LogP contribution in [-0.2, 0) is 14.2 Å². The number of hydrogen-bond donors (Lipinski definition) is 1. The van der Waals surface area contributed by atoms with Crippen LogP contribution in [0.4, 0.5) is 0 Å². The Morgan fingerprint density at radius 1 is 1.28 bits per heavy atom. The molecule has 0 saturated heterocycles. The number of hydrogen-bond acceptors (Lipinski definition) is 4. The maximum atomic E-state index is 5.88. The summed E-state index contributed by atoms with van der Waals surface area (Å²) in [6.45, 7) is 8.11. The van der Waals surface area contributed by atoms with Gasteiger partial charge in [-0.2, -0.15) is 0 Å². The number of nitrogens with one attached hydrogen (secondary N) is 1. The second-order valence-corrected chi connectivity index (χ2v) is 5.62. The third-order valence-corrected chi connectivity index (χ3v) is 3.77. The van der Waals surface area contributed by atoms with E-state index in [-0.39, 0.29) is 17.8 Å². The molecule has 108 valence electrons. The van der Waals surface area contributed by atoms with Crippen molar-refractivity contribution in [2.24, 2.45) is 0 Å². The number of rotatable bonds is 9. The Balaban J connectivity index is 2.20. The molecule has 1 fully saturated rings. The summed E-state index contributed by atoms with van der Waals surface area (Å²) in [7, 11) is 3.51. The van der Waals surface area contributed by atoms with Crippen LogP contribution in [-0.4, -0.2) is 51.2 Å². The van der Waals surface area contributed by atoms with Crippen LogP contribution in [0.5, 0.6) is 0 Å². The lowest BCUT2D eigenvalue weighted by atomic mass is 9.85. The van der Waals surface area contributed by atoms with Crippen LogP contribution < -0.4 is 5.32 Å². The van der Waals surface area contributed by atoms with Gasteiger partial charge in [-0.05, 0) is 39.7 Å². The monoisotopic (exact) mass is 259 g/mol. The zero-order valence-electron chi connectivity index (χ0n) is 12.5. The Bertz CT molecular complexity index is 233. The van der Waals surface area contributed by atoms with Gasteiger partial charge in [0.15, 0.2) is 0 Å². The van der Waals surface area contributed by atoms with Gasteiger partial charge in [-0.1, -0.05) is 6.92 Å². The maximum Gasteiger partial charge on any atom is 0.0986 e. The second kappa shape index (κ2) is 7.43. The predicted octanol–water partition coefficient (Wildman–Crippen LogP) is 1.97. The van der Waals surface area contributed by atoms with Crippen LogP contribution in [0.25, 0.3) is 0 Å². The Hall–Kier alpha value is -0.160. The van der Waals surface area contributed by atoms with Crippen molar-refractivity contribution in [3.63, 3.8) is 0 Å². The van der Waals surface area contributed by atoms with Crippen LogP contribution in [0.15, 0.2) is 0 Å². The normalized spacial score (nSPS) is 28.2. The van der Waals surface area contributed by atoms with E-state index in [1.165, 1.54) is 0 Å². The van der Waals surface area contributed by atoms with Gasteiger partial charge in [0.25, 0.3) is 0 Å². The van der Waals surface area contributed by atoms with E-state index in [2.05, 4.69) is 26.1 Å². The van der Waals surface area contributed by atoms with Gasteiger partial charge in [0, 0.05) is 26.9 Å². The average molecular weight is 259 g/mol. The summed E-state index contributed by atoms with van der Waals surface area (Å²) >= 11 is 0.